The van der Waals surface area contributed by atoms with Crippen molar-refractivity contribution in [2.75, 3.05) is 11.9 Å². The van der Waals surface area contributed by atoms with Crippen LogP contribution in [0.25, 0.3) is 6.08 Å². The number of nitrogens with zero attached hydrogens (tertiary/aromatic N) is 3. The van der Waals surface area contributed by atoms with Crippen LogP contribution in [-0.4, -0.2) is 37.8 Å². The number of amides is 2. The first kappa shape index (κ1) is 16.8. The number of anilines is 1. The summed E-state index contributed by atoms with van der Waals surface area (Å²) in [6.45, 7) is 2.02. The number of aryl methyl sites for hydroxylation is 1. The lowest BCUT2D eigenvalue weighted by Crippen LogP contribution is -2.31. The van der Waals surface area contributed by atoms with E-state index in [0.29, 0.717) is 20.1 Å². The minimum absolute atomic E-state index is 0.124. The van der Waals surface area contributed by atoms with Crippen LogP contribution in [0.15, 0.2) is 27.7 Å². The number of nitrogens with one attached hydrogen (secondary N) is 1. The fourth-order valence-electron chi connectivity index (χ4n) is 1.94. The summed E-state index contributed by atoms with van der Waals surface area (Å²) in [6.07, 6.45) is 3.30. The second-order valence-electron chi connectivity index (χ2n) is 4.77. The van der Waals surface area contributed by atoms with E-state index < -0.39 is 0 Å². The summed E-state index contributed by atoms with van der Waals surface area (Å²) >= 11 is 7.71. The van der Waals surface area contributed by atoms with Crippen LogP contribution in [0.1, 0.15) is 17.2 Å². The van der Waals surface area contributed by atoms with Gasteiger partial charge in [0.15, 0.2) is 0 Å². The molecule has 0 aliphatic carbocycles. The van der Waals surface area contributed by atoms with Gasteiger partial charge in [0.25, 0.3) is 5.91 Å². The van der Waals surface area contributed by atoms with Gasteiger partial charge >= 0.3 is 0 Å². The molecule has 0 saturated carbocycles. The number of aromatic nitrogens is 2. The molecule has 2 aromatic rings. The molecule has 2 aromatic heterocycles. The van der Waals surface area contributed by atoms with Gasteiger partial charge in [-0.3, -0.25) is 14.5 Å². The molecule has 1 aliphatic rings. The molecule has 0 unspecified atom stereocenters. The molecule has 0 atom stereocenters. The van der Waals surface area contributed by atoms with Crippen molar-refractivity contribution in [3.63, 3.8) is 0 Å². The topological polar surface area (TPSA) is 88.3 Å². The third-order valence-corrected chi connectivity index (χ3v) is 5.16. The molecule has 0 radical (unpaired) electrons. The third-order valence-electron chi connectivity index (χ3n) is 3.02. The van der Waals surface area contributed by atoms with Crippen molar-refractivity contribution in [2.45, 2.75) is 13.3 Å². The fourth-order valence-corrected chi connectivity index (χ4v) is 3.83. The molecule has 1 N–H and O–H groups in total. The number of thiocarbonyl (C=S) groups is 1. The first-order chi connectivity index (χ1) is 11.5. The Labute approximate surface area is 151 Å². The van der Waals surface area contributed by atoms with Crippen LogP contribution in [0.4, 0.5) is 5.13 Å². The van der Waals surface area contributed by atoms with Gasteiger partial charge in [0.1, 0.15) is 15.1 Å². The third kappa shape index (κ3) is 3.89. The molecule has 1 aliphatic heterocycles. The first-order valence-electron chi connectivity index (χ1n) is 6.92. The van der Waals surface area contributed by atoms with Gasteiger partial charge in [-0.15, -0.1) is 10.2 Å². The van der Waals surface area contributed by atoms with Crippen LogP contribution in [0, 0.1) is 6.92 Å². The standard InChI is InChI=1S/C14H12N4O3S3/c1-8-16-17-13(23-8)15-11(19)4-5-18-12(20)10(24-14(18)22)7-9-3-2-6-21-9/h2-3,6-7H,4-5H2,1H3,(H,15,17,19). The second-order valence-corrected chi connectivity index (χ2v) is 7.63. The largest absolute Gasteiger partial charge is 0.465 e. The molecule has 10 heteroatoms. The maximum atomic E-state index is 12.4. The minimum Gasteiger partial charge on any atom is -0.465 e. The van der Waals surface area contributed by atoms with Gasteiger partial charge < -0.3 is 9.73 Å². The molecule has 0 spiro atoms. The van der Waals surface area contributed by atoms with Gasteiger partial charge in [0.2, 0.25) is 11.0 Å². The predicted octanol–water partition coefficient (Wildman–Crippen LogP) is 2.67. The monoisotopic (exact) mass is 380 g/mol. The van der Waals surface area contributed by atoms with Crippen molar-refractivity contribution in [3.8, 4) is 0 Å². The van der Waals surface area contributed by atoms with Crippen LogP contribution < -0.4 is 5.32 Å². The molecule has 2 amide bonds. The first-order valence-corrected chi connectivity index (χ1v) is 8.96. The Kier molecular flexibility index (Phi) is 5.07. The van der Waals surface area contributed by atoms with Crippen LogP contribution in [-0.2, 0) is 9.59 Å². The van der Waals surface area contributed by atoms with E-state index in [4.69, 9.17) is 16.6 Å². The SMILES string of the molecule is Cc1nnc(NC(=O)CCN2C(=O)C(=Cc3ccco3)SC2=S)s1. The van der Waals surface area contributed by atoms with E-state index in [2.05, 4.69) is 15.5 Å². The van der Waals surface area contributed by atoms with E-state index in [0.717, 1.165) is 5.01 Å². The van der Waals surface area contributed by atoms with Crippen LogP contribution >= 0.6 is 35.3 Å². The van der Waals surface area contributed by atoms with Crippen LogP contribution in [0.3, 0.4) is 0 Å². The summed E-state index contributed by atoms with van der Waals surface area (Å²) in [7, 11) is 0. The highest BCUT2D eigenvalue weighted by atomic mass is 32.2. The fraction of sp³-hybridized carbons (Fsp3) is 0.214. The Morgan fingerprint density at radius 3 is 3.00 bits per heavy atom. The van der Waals surface area contributed by atoms with Crippen LogP contribution in [0.2, 0.25) is 0 Å². The lowest BCUT2D eigenvalue weighted by molar-refractivity contribution is -0.122. The summed E-state index contributed by atoms with van der Waals surface area (Å²) in [4.78, 5) is 26.2. The summed E-state index contributed by atoms with van der Waals surface area (Å²) in [5.74, 6) is 0.121. The Balaban J connectivity index is 1.58. The van der Waals surface area contributed by atoms with Gasteiger partial charge in [-0.2, -0.15) is 0 Å². The van der Waals surface area contributed by atoms with Gasteiger partial charge in [-0.25, -0.2) is 0 Å². The molecule has 7 nitrogen and oxygen atoms in total. The van der Waals surface area contributed by atoms with Crippen molar-refractivity contribution in [1.29, 1.82) is 0 Å². The van der Waals surface area contributed by atoms with Gasteiger partial charge in [-0.1, -0.05) is 35.3 Å². The molecule has 1 saturated heterocycles. The summed E-state index contributed by atoms with van der Waals surface area (Å²) < 4.78 is 5.63. The Morgan fingerprint density at radius 1 is 1.50 bits per heavy atom. The summed E-state index contributed by atoms with van der Waals surface area (Å²) in [6, 6.07) is 3.50. The zero-order valence-electron chi connectivity index (χ0n) is 12.5. The zero-order valence-corrected chi connectivity index (χ0v) is 15.0. The highest BCUT2D eigenvalue weighted by molar-refractivity contribution is 8.26. The maximum Gasteiger partial charge on any atom is 0.266 e. The molecule has 3 rings (SSSR count). The number of hydrogen-bond donors (Lipinski definition) is 1. The molecule has 3 heterocycles. The smallest absolute Gasteiger partial charge is 0.266 e. The zero-order chi connectivity index (χ0) is 17.1. The van der Waals surface area contributed by atoms with E-state index in [1.807, 2.05) is 0 Å². The number of carbonyl (C=O) groups excluding carboxylic acids is 2. The molecule has 0 bridgehead atoms. The molecule has 24 heavy (non-hydrogen) atoms. The van der Waals surface area contributed by atoms with Gasteiger partial charge in [-0.05, 0) is 19.1 Å². The van der Waals surface area contributed by atoms with Crippen molar-refractivity contribution in [2.24, 2.45) is 0 Å². The highest BCUT2D eigenvalue weighted by Gasteiger charge is 2.32. The normalized spacial score (nSPS) is 16.2. The van der Waals surface area contributed by atoms with Gasteiger partial charge in [0.05, 0.1) is 11.2 Å². The average Bonchev–Trinajstić information content (AvgIpc) is 3.23. The van der Waals surface area contributed by atoms with E-state index in [1.54, 1.807) is 25.1 Å². The number of rotatable bonds is 5. The lowest BCUT2D eigenvalue weighted by Gasteiger charge is -2.13. The van der Waals surface area contributed by atoms with Crippen molar-refractivity contribution >= 4 is 62.7 Å². The summed E-state index contributed by atoms with van der Waals surface area (Å²) in [5.41, 5.74) is 0. The Bertz CT molecular complexity index is 813. The van der Waals surface area contributed by atoms with E-state index in [-0.39, 0.29) is 24.8 Å². The van der Waals surface area contributed by atoms with Crippen molar-refractivity contribution < 1.29 is 14.0 Å². The quantitative estimate of drug-likeness (QED) is 0.630. The Morgan fingerprint density at radius 2 is 2.33 bits per heavy atom. The number of furan rings is 1. The Hall–Kier alpha value is -2.04. The number of thioether (sulfide) groups is 1. The van der Waals surface area contributed by atoms with Crippen molar-refractivity contribution in [1.82, 2.24) is 15.1 Å². The molecular formula is C14H12N4O3S3. The highest BCUT2D eigenvalue weighted by Crippen LogP contribution is 2.32. The molecule has 1 fully saturated rings. The molecule has 0 aromatic carbocycles. The minimum atomic E-state index is -0.241. The lowest BCUT2D eigenvalue weighted by atomic mass is 10.3. The predicted molar refractivity (Wildman–Crippen MR) is 96.5 cm³/mol. The summed E-state index contributed by atoms with van der Waals surface area (Å²) in [5, 5.41) is 11.5. The molecule has 124 valence electrons. The number of carbonyl (C=O) groups is 2. The second kappa shape index (κ2) is 7.24. The van der Waals surface area contributed by atoms with E-state index >= 15 is 0 Å². The van der Waals surface area contributed by atoms with Crippen molar-refractivity contribution in [3.05, 3.63) is 34.1 Å². The maximum absolute atomic E-state index is 12.4. The van der Waals surface area contributed by atoms with Crippen LogP contribution in [0.5, 0.6) is 0 Å². The average molecular weight is 380 g/mol. The molecular weight excluding hydrogens is 368 g/mol. The van der Waals surface area contributed by atoms with E-state index in [9.17, 15) is 9.59 Å². The number of hydrogen-bond acceptors (Lipinski definition) is 8. The van der Waals surface area contributed by atoms with Gasteiger partial charge in [0, 0.05) is 19.0 Å². The van der Waals surface area contributed by atoms with E-state index in [1.165, 1.54) is 34.3 Å².